The average molecular weight is 491 g/mol. The van der Waals surface area contributed by atoms with Gasteiger partial charge in [-0.3, -0.25) is 9.78 Å². The number of pyridine rings is 1. The fraction of sp³-hybridized carbons (Fsp3) is 0.300. The molecule has 1 atom stereocenters. The second kappa shape index (κ2) is 9.02. The van der Waals surface area contributed by atoms with Gasteiger partial charge in [0.15, 0.2) is 0 Å². The summed E-state index contributed by atoms with van der Waals surface area (Å²) in [5.74, 6) is -3.22. The highest BCUT2D eigenvalue weighted by atomic mass is 35.5. The number of hydrogen-bond acceptors (Lipinski definition) is 6. The molecule has 1 unspecified atom stereocenters. The van der Waals surface area contributed by atoms with Gasteiger partial charge in [-0.25, -0.2) is 8.78 Å². The van der Waals surface area contributed by atoms with Gasteiger partial charge < -0.3 is 14.9 Å². The maximum absolute atomic E-state index is 14.6. The predicted molar refractivity (Wildman–Crippen MR) is 106 cm³/mol. The van der Waals surface area contributed by atoms with Crippen LogP contribution in [0, 0.1) is 18.6 Å². The summed E-state index contributed by atoms with van der Waals surface area (Å²) in [6.07, 6.45) is -4.25. The molecule has 1 aromatic carbocycles. The first-order valence-corrected chi connectivity index (χ1v) is 9.71. The van der Waals surface area contributed by atoms with Gasteiger partial charge >= 0.3 is 6.18 Å². The van der Waals surface area contributed by atoms with Crippen molar-refractivity contribution in [2.24, 2.45) is 0 Å². The van der Waals surface area contributed by atoms with E-state index in [9.17, 15) is 31.9 Å². The van der Waals surface area contributed by atoms with E-state index in [0.717, 1.165) is 12.1 Å². The lowest BCUT2D eigenvalue weighted by Gasteiger charge is -2.24. The number of alkyl halides is 3. The highest BCUT2D eigenvalue weighted by Gasteiger charge is 2.55. The number of aliphatic hydroxyl groups is 1. The van der Waals surface area contributed by atoms with Crippen LogP contribution < -0.4 is 5.32 Å². The monoisotopic (exact) mass is 490 g/mol. The summed E-state index contributed by atoms with van der Waals surface area (Å²) in [6.45, 7) is 1.39. The molecule has 3 rings (SSSR count). The van der Waals surface area contributed by atoms with E-state index in [4.69, 9.17) is 16.1 Å². The van der Waals surface area contributed by atoms with Crippen molar-refractivity contribution in [1.82, 2.24) is 20.4 Å². The maximum atomic E-state index is 14.6. The Bertz CT molecular complexity index is 1200. The molecule has 0 aliphatic carbocycles. The van der Waals surface area contributed by atoms with Crippen LogP contribution in [0.25, 0.3) is 22.5 Å². The quantitative estimate of drug-likeness (QED) is 0.506. The molecular weight excluding hydrogens is 475 g/mol. The van der Waals surface area contributed by atoms with Crippen LogP contribution in [-0.2, 0) is 11.2 Å². The first kappa shape index (κ1) is 24.5. The van der Waals surface area contributed by atoms with Gasteiger partial charge in [-0.05, 0) is 30.7 Å². The Morgan fingerprint density at radius 2 is 1.91 bits per heavy atom. The van der Waals surface area contributed by atoms with Gasteiger partial charge in [0.25, 0.3) is 5.91 Å². The molecule has 176 valence electrons. The number of halogens is 6. The third kappa shape index (κ3) is 5.11. The summed E-state index contributed by atoms with van der Waals surface area (Å²) < 4.78 is 72.2. The van der Waals surface area contributed by atoms with Crippen LogP contribution in [0.15, 0.2) is 28.9 Å². The highest BCUT2D eigenvalue weighted by Crippen LogP contribution is 2.35. The minimum Gasteiger partial charge on any atom is -0.373 e. The predicted octanol–water partition coefficient (Wildman–Crippen LogP) is 4.01. The van der Waals surface area contributed by atoms with Crippen molar-refractivity contribution in [3.8, 4) is 22.5 Å². The summed E-state index contributed by atoms with van der Waals surface area (Å²) in [4.78, 5) is 19.5. The molecule has 7 nitrogen and oxygen atoms in total. The molecule has 0 radical (unpaired) electrons. The zero-order valence-corrected chi connectivity index (χ0v) is 17.9. The molecule has 0 saturated carbocycles. The number of amides is 1. The van der Waals surface area contributed by atoms with Crippen molar-refractivity contribution in [3.05, 3.63) is 52.6 Å². The van der Waals surface area contributed by atoms with E-state index in [-0.39, 0.29) is 45.5 Å². The van der Waals surface area contributed by atoms with Crippen LogP contribution in [0.3, 0.4) is 0 Å². The van der Waals surface area contributed by atoms with Crippen LogP contribution in [0.5, 0.6) is 0 Å². The van der Waals surface area contributed by atoms with Crippen molar-refractivity contribution in [3.63, 3.8) is 0 Å². The molecule has 0 fully saturated rings. The van der Waals surface area contributed by atoms with E-state index in [1.807, 2.05) is 5.32 Å². The highest BCUT2D eigenvalue weighted by molar-refractivity contribution is 6.31. The Labute approximate surface area is 188 Å². The Morgan fingerprint density at radius 1 is 1.21 bits per heavy atom. The van der Waals surface area contributed by atoms with Crippen molar-refractivity contribution < 1.29 is 36.4 Å². The summed E-state index contributed by atoms with van der Waals surface area (Å²) in [5.41, 5.74) is -3.60. The molecule has 0 bridgehead atoms. The second-order valence-corrected chi connectivity index (χ2v) is 7.61. The van der Waals surface area contributed by atoms with Crippen molar-refractivity contribution in [1.29, 1.82) is 0 Å². The number of aryl methyl sites for hydroxylation is 1. The third-order valence-electron chi connectivity index (χ3n) is 4.68. The Kier molecular flexibility index (Phi) is 6.70. The molecule has 33 heavy (non-hydrogen) atoms. The number of aromatic nitrogens is 3. The standard InChI is InChI=1S/C20H16ClF5N4O3/c1-9-29-17(30-33-9)16-12(6-11(21)7-14(16)23)10-5-13(22)15(28-8-10)3-4-27-18(31)19(2,32)20(24,25)26/h5-8,32H,3-4H2,1-2H3,(H,27,31). The first-order valence-electron chi connectivity index (χ1n) is 9.33. The minimum absolute atomic E-state index is 0.0235. The molecule has 2 heterocycles. The number of carbonyl (C=O) groups is 1. The Hall–Kier alpha value is -3.12. The summed E-state index contributed by atoms with van der Waals surface area (Å²) >= 11 is 5.94. The second-order valence-electron chi connectivity index (χ2n) is 7.18. The van der Waals surface area contributed by atoms with Gasteiger partial charge in [-0.1, -0.05) is 16.8 Å². The zero-order valence-electron chi connectivity index (χ0n) is 17.1. The summed E-state index contributed by atoms with van der Waals surface area (Å²) in [6, 6.07) is 3.42. The maximum Gasteiger partial charge on any atom is 0.426 e. The largest absolute Gasteiger partial charge is 0.426 e. The summed E-state index contributed by atoms with van der Waals surface area (Å²) in [7, 11) is 0. The fourth-order valence-electron chi connectivity index (χ4n) is 2.82. The van der Waals surface area contributed by atoms with Crippen LogP contribution in [-0.4, -0.2) is 44.5 Å². The van der Waals surface area contributed by atoms with Crippen LogP contribution in [0.2, 0.25) is 5.02 Å². The fourth-order valence-corrected chi connectivity index (χ4v) is 3.03. The molecule has 3 aromatic rings. The van der Waals surface area contributed by atoms with Crippen LogP contribution in [0.1, 0.15) is 18.5 Å². The van der Waals surface area contributed by atoms with Crippen molar-refractivity contribution in [2.45, 2.75) is 32.0 Å². The molecule has 1 amide bonds. The number of nitrogens with zero attached hydrogens (tertiary/aromatic N) is 3. The number of carbonyl (C=O) groups excluding carboxylic acids is 1. The number of rotatable bonds is 6. The molecule has 0 aliphatic heterocycles. The SMILES string of the molecule is Cc1nc(-c2c(F)cc(Cl)cc2-c2cnc(CCNC(=O)C(C)(O)C(F)(F)F)c(F)c2)no1. The number of hydrogen-bond donors (Lipinski definition) is 2. The normalized spacial score (nSPS) is 13.6. The molecular formula is C20H16ClF5N4O3. The molecule has 13 heteroatoms. The van der Waals surface area contributed by atoms with E-state index >= 15 is 0 Å². The van der Waals surface area contributed by atoms with Crippen molar-refractivity contribution in [2.75, 3.05) is 6.54 Å². The van der Waals surface area contributed by atoms with Gasteiger partial charge in [0, 0.05) is 36.7 Å². The van der Waals surface area contributed by atoms with Gasteiger partial charge in [0.05, 0.1) is 11.3 Å². The van der Waals surface area contributed by atoms with E-state index in [0.29, 0.717) is 6.92 Å². The number of nitrogens with one attached hydrogen (secondary N) is 1. The topological polar surface area (TPSA) is 101 Å². The first-order chi connectivity index (χ1) is 15.3. The van der Waals surface area contributed by atoms with Gasteiger partial charge in [-0.2, -0.15) is 18.2 Å². The lowest BCUT2D eigenvalue weighted by Crippen LogP contribution is -2.55. The molecule has 0 spiro atoms. The van der Waals surface area contributed by atoms with Crippen LogP contribution in [0.4, 0.5) is 22.0 Å². The van der Waals surface area contributed by atoms with E-state index < -0.39 is 35.9 Å². The lowest BCUT2D eigenvalue weighted by atomic mass is 9.99. The molecule has 2 aromatic heterocycles. The Balaban J connectivity index is 1.83. The van der Waals surface area contributed by atoms with Crippen molar-refractivity contribution >= 4 is 17.5 Å². The average Bonchev–Trinajstić information content (AvgIpc) is 3.13. The number of benzene rings is 1. The smallest absolute Gasteiger partial charge is 0.373 e. The molecule has 2 N–H and O–H groups in total. The van der Waals surface area contributed by atoms with E-state index in [1.165, 1.54) is 19.2 Å². The molecule has 0 aliphatic rings. The van der Waals surface area contributed by atoms with E-state index in [2.05, 4.69) is 15.1 Å². The zero-order chi connectivity index (χ0) is 24.6. The van der Waals surface area contributed by atoms with Gasteiger partial charge in [0.2, 0.25) is 17.3 Å². The van der Waals surface area contributed by atoms with E-state index in [1.54, 1.807) is 0 Å². The van der Waals surface area contributed by atoms with Gasteiger partial charge in [0.1, 0.15) is 11.6 Å². The minimum atomic E-state index is -5.18. The van der Waals surface area contributed by atoms with Gasteiger partial charge in [-0.15, -0.1) is 0 Å². The van der Waals surface area contributed by atoms with Crippen LogP contribution >= 0.6 is 11.6 Å². The lowest BCUT2D eigenvalue weighted by molar-refractivity contribution is -0.245. The third-order valence-corrected chi connectivity index (χ3v) is 4.89. The summed E-state index contributed by atoms with van der Waals surface area (Å²) in [5, 5.41) is 14.9. The molecule has 0 saturated heterocycles. The Morgan fingerprint density at radius 3 is 2.48 bits per heavy atom.